The van der Waals surface area contributed by atoms with E-state index in [9.17, 15) is 13.2 Å². The van der Waals surface area contributed by atoms with E-state index in [0.717, 1.165) is 17.8 Å². The molecule has 0 saturated heterocycles. The molecule has 1 aromatic heterocycles. The predicted octanol–water partition coefficient (Wildman–Crippen LogP) is 3.47. The largest absolute Gasteiger partial charge is 0.453 e. The van der Waals surface area contributed by atoms with E-state index in [1.54, 1.807) is 17.0 Å². The van der Waals surface area contributed by atoms with Crippen LogP contribution in [-0.2, 0) is 6.18 Å². The fourth-order valence-electron chi connectivity index (χ4n) is 2.61. The van der Waals surface area contributed by atoms with Gasteiger partial charge in [-0.3, -0.25) is 4.99 Å². The van der Waals surface area contributed by atoms with Crippen molar-refractivity contribution in [2.75, 3.05) is 18.0 Å². The van der Waals surface area contributed by atoms with E-state index in [1.165, 1.54) is 0 Å². The van der Waals surface area contributed by atoms with Crippen LogP contribution in [0.4, 0.5) is 19.0 Å². The predicted molar refractivity (Wildman–Crippen MR) is 74.5 cm³/mol. The van der Waals surface area contributed by atoms with Crippen LogP contribution in [0.1, 0.15) is 11.1 Å². The number of aromatic nitrogens is 1. The molecule has 22 heavy (non-hydrogen) atoms. The highest BCUT2D eigenvalue weighted by Gasteiger charge is 2.35. The summed E-state index contributed by atoms with van der Waals surface area (Å²) in [6.45, 7) is 1.14. The Balaban J connectivity index is 1.92. The number of halogens is 3. The molecule has 0 bridgehead atoms. The average Bonchev–Trinajstić information content (AvgIpc) is 2.91. The highest BCUT2D eigenvalue weighted by molar-refractivity contribution is 6.13. The molecule has 112 valence electrons. The SMILES string of the molecule is FC(F)(F)c1cnc2c(c1)Oc1ccccc1C1=NCCN12. The minimum atomic E-state index is -4.46. The van der Waals surface area contributed by atoms with Gasteiger partial charge in [0, 0.05) is 12.7 Å². The van der Waals surface area contributed by atoms with Crippen molar-refractivity contribution in [3.8, 4) is 11.5 Å². The van der Waals surface area contributed by atoms with Gasteiger partial charge in [0.1, 0.15) is 11.6 Å². The maximum atomic E-state index is 12.9. The van der Waals surface area contributed by atoms with Gasteiger partial charge in [-0.2, -0.15) is 13.2 Å². The Hall–Kier alpha value is -2.57. The number of hydrogen-bond donors (Lipinski definition) is 0. The molecule has 0 spiro atoms. The van der Waals surface area contributed by atoms with Crippen molar-refractivity contribution in [1.29, 1.82) is 0 Å². The molecule has 1 aromatic carbocycles. The topological polar surface area (TPSA) is 37.7 Å². The van der Waals surface area contributed by atoms with Crippen LogP contribution in [0, 0.1) is 0 Å². The van der Waals surface area contributed by atoms with Gasteiger partial charge in [0.25, 0.3) is 0 Å². The van der Waals surface area contributed by atoms with Crippen molar-refractivity contribution in [3.05, 3.63) is 47.7 Å². The fraction of sp³-hybridized carbons (Fsp3) is 0.200. The third-order valence-corrected chi connectivity index (χ3v) is 3.60. The Bertz CT molecular complexity index is 786. The summed E-state index contributed by atoms with van der Waals surface area (Å²) in [4.78, 5) is 10.2. The van der Waals surface area contributed by atoms with Crippen LogP contribution in [0.25, 0.3) is 0 Å². The van der Waals surface area contributed by atoms with Crippen molar-refractivity contribution in [2.24, 2.45) is 4.99 Å². The van der Waals surface area contributed by atoms with Crippen LogP contribution >= 0.6 is 0 Å². The molecule has 0 saturated carbocycles. The van der Waals surface area contributed by atoms with E-state index in [2.05, 4.69) is 9.98 Å². The number of hydrogen-bond acceptors (Lipinski definition) is 4. The zero-order chi connectivity index (χ0) is 15.3. The first kappa shape index (κ1) is 13.1. The number of pyridine rings is 1. The summed E-state index contributed by atoms with van der Waals surface area (Å²) in [7, 11) is 0. The lowest BCUT2D eigenvalue weighted by Gasteiger charge is -2.18. The minimum Gasteiger partial charge on any atom is -0.453 e. The smallest absolute Gasteiger partial charge is 0.418 e. The van der Waals surface area contributed by atoms with Gasteiger partial charge >= 0.3 is 6.18 Å². The van der Waals surface area contributed by atoms with Crippen LogP contribution in [0.2, 0.25) is 0 Å². The van der Waals surface area contributed by atoms with Crippen molar-refractivity contribution < 1.29 is 17.9 Å². The Kier molecular flexibility index (Phi) is 2.66. The van der Waals surface area contributed by atoms with Crippen LogP contribution in [-0.4, -0.2) is 23.9 Å². The van der Waals surface area contributed by atoms with Crippen molar-refractivity contribution in [3.63, 3.8) is 0 Å². The summed E-state index contributed by atoms with van der Waals surface area (Å²) in [6.07, 6.45) is -3.63. The lowest BCUT2D eigenvalue weighted by molar-refractivity contribution is -0.137. The second-order valence-electron chi connectivity index (χ2n) is 5.00. The Morgan fingerprint density at radius 3 is 2.77 bits per heavy atom. The second-order valence-corrected chi connectivity index (χ2v) is 5.00. The van der Waals surface area contributed by atoms with Gasteiger partial charge in [-0.1, -0.05) is 12.1 Å². The summed E-state index contributed by atoms with van der Waals surface area (Å²) in [5, 5.41) is 0. The van der Waals surface area contributed by atoms with Gasteiger partial charge in [0.15, 0.2) is 11.6 Å². The van der Waals surface area contributed by atoms with Crippen LogP contribution < -0.4 is 9.64 Å². The van der Waals surface area contributed by atoms with E-state index < -0.39 is 11.7 Å². The summed E-state index contributed by atoms with van der Waals surface area (Å²) < 4.78 is 44.4. The number of aliphatic imine (C=N–C) groups is 1. The standard InChI is InChI=1S/C15H10F3N3O/c16-15(17,18)9-7-12-14(20-8-9)21-6-5-19-13(21)10-3-1-2-4-11(10)22-12/h1-4,7-8H,5-6H2. The molecule has 0 amide bonds. The van der Waals surface area contributed by atoms with Gasteiger partial charge in [0.2, 0.25) is 0 Å². The van der Waals surface area contributed by atoms with Crippen molar-refractivity contribution in [2.45, 2.75) is 6.18 Å². The zero-order valence-corrected chi connectivity index (χ0v) is 11.3. The monoisotopic (exact) mass is 305 g/mol. The molecule has 0 atom stereocenters. The number of fused-ring (bicyclic) bond motifs is 5. The molecule has 2 aliphatic heterocycles. The van der Waals surface area contributed by atoms with Gasteiger partial charge < -0.3 is 9.64 Å². The van der Waals surface area contributed by atoms with Gasteiger partial charge in [0.05, 0.1) is 17.7 Å². The van der Waals surface area contributed by atoms with Crippen LogP contribution in [0.15, 0.2) is 41.5 Å². The summed E-state index contributed by atoms with van der Waals surface area (Å²) >= 11 is 0. The first-order valence-electron chi connectivity index (χ1n) is 6.70. The third kappa shape index (κ3) is 1.93. The Morgan fingerprint density at radius 1 is 1.14 bits per heavy atom. The number of nitrogens with zero attached hydrogens (tertiary/aromatic N) is 3. The molecule has 4 nitrogen and oxygen atoms in total. The maximum absolute atomic E-state index is 12.9. The number of anilines is 1. The normalized spacial score (nSPS) is 16.1. The number of amidine groups is 1. The summed E-state index contributed by atoms with van der Waals surface area (Å²) in [5.74, 6) is 1.62. The molecule has 2 aromatic rings. The zero-order valence-electron chi connectivity index (χ0n) is 11.3. The van der Waals surface area contributed by atoms with Crippen LogP contribution in [0.3, 0.4) is 0 Å². The van der Waals surface area contributed by atoms with Gasteiger partial charge in [-0.15, -0.1) is 0 Å². The molecule has 0 unspecified atom stereocenters. The summed E-state index contributed by atoms with van der Waals surface area (Å²) in [5.41, 5.74) is -0.0742. The first-order valence-corrected chi connectivity index (χ1v) is 6.70. The molecule has 4 rings (SSSR count). The van der Waals surface area contributed by atoms with Crippen molar-refractivity contribution >= 4 is 11.7 Å². The molecule has 0 N–H and O–H groups in total. The highest BCUT2D eigenvalue weighted by Crippen LogP contribution is 2.41. The second kappa shape index (κ2) is 4.46. The van der Waals surface area contributed by atoms with E-state index in [4.69, 9.17) is 4.74 Å². The number of alkyl halides is 3. The molecule has 0 aliphatic carbocycles. The van der Waals surface area contributed by atoms with Crippen molar-refractivity contribution in [1.82, 2.24) is 4.98 Å². The molecule has 0 fully saturated rings. The Morgan fingerprint density at radius 2 is 1.95 bits per heavy atom. The first-order chi connectivity index (χ1) is 10.5. The maximum Gasteiger partial charge on any atom is 0.418 e. The van der Waals surface area contributed by atoms with E-state index in [0.29, 0.717) is 30.5 Å². The molecule has 0 radical (unpaired) electrons. The lowest BCUT2D eigenvalue weighted by Crippen LogP contribution is -2.28. The Labute approximate surface area is 123 Å². The molecular weight excluding hydrogens is 295 g/mol. The number of para-hydroxylation sites is 1. The van der Waals surface area contributed by atoms with E-state index >= 15 is 0 Å². The quantitative estimate of drug-likeness (QED) is 0.748. The summed E-state index contributed by atoms with van der Waals surface area (Å²) in [6, 6.07) is 8.14. The lowest BCUT2D eigenvalue weighted by atomic mass is 10.2. The molecule has 3 heterocycles. The molecule has 2 aliphatic rings. The third-order valence-electron chi connectivity index (χ3n) is 3.60. The number of ether oxygens (including phenoxy) is 1. The van der Waals surface area contributed by atoms with E-state index in [1.807, 2.05) is 12.1 Å². The van der Waals surface area contributed by atoms with E-state index in [-0.39, 0.29) is 5.75 Å². The fourth-order valence-corrected chi connectivity index (χ4v) is 2.61. The van der Waals surface area contributed by atoms with Gasteiger partial charge in [-0.25, -0.2) is 4.98 Å². The minimum absolute atomic E-state index is 0.0920. The highest BCUT2D eigenvalue weighted by atomic mass is 19.4. The van der Waals surface area contributed by atoms with Crippen LogP contribution in [0.5, 0.6) is 11.5 Å². The number of rotatable bonds is 0. The van der Waals surface area contributed by atoms with Gasteiger partial charge in [-0.05, 0) is 18.2 Å². The average molecular weight is 305 g/mol. The number of benzene rings is 1. The molecule has 7 heteroatoms. The molecular formula is C15H10F3N3O.